The molecule has 5 nitrogen and oxygen atoms in total. The van der Waals surface area contributed by atoms with E-state index in [1.807, 2.05) is 24.3 Å². The normalized spacial score (nSPS) is 16.3. The number of amides is 1. The lowest BCUT2D eigenvalue weighted by Gasteiger charge is -2.24. The van der Waals surface area contributed by atoms with Gasteiger partial charge in [0.2, 0.25) is 0 Å². The molecule has 5 heteroatoms. The quantitative estimate of drug-likeness (QED) is 0.736. The number of aromatic amines is 1. The van der Waals surface area contributed by atoms with Gasteiger partial charge in [0.25, 0.3) is 5.91 Å². The maximum absolute atomic E-state index is 12.2. The van der Waals surface area contributed by atoms with E-state index < -0.39 is 0 Å². The fourth-order valence-electron chi connectivity index (χ4n) is 2.59. The molecule has 21 heavy (non-hydrogen) atoms. The van der Waals surface area contributed by atoms with Gasteiger partial charge in [-0.3, -0.25) is 9.69 Å². The van der Waals surface area contributed by atoms with Gasteiger partial charge < -0.3 is 16.0 Å². The number of carbonyl (C=O) groups excluding carboxylic acids is 1. The lowest BCUT2D eigenvalue weighted by atomic mass is 10.2. The summed E-state index contributed by atoms with van der Waals surface area (Å²) in [5.41, 5.74) is 7.97. The van der Waals surface area contributed by atoms with E-state index in [0.717, 1.165) is 10.9 Å². The highest BCUT2D eigenvalue weighted by molar-refractivity contribution is 5.98. The Morgan fingerprint density at radius 2 is 2.24 bits per heavy atom. The molecule has 0 spiro atoms. The van der Waals surface area contributed by atoms with Crippen molar-refractivity contribution in [3.05, 3.63) is 30.0 Å². The average Bonchev–Trinajstić information content (AvgIpc) is 3.23. The van der Waals surface area contributed by atoms with Gasteiger partial charge in [-0.15, -0.1) is 0 Å². The largest absolute Gasteiger partial charge is 0.399 e. The van der Waals surface area contributed by atoms with E-state index in [4.69, 9.17) is 5.73 Å². The highest BCUT2D eigenvalue weighted by Gasteiger charge is 2.29. The summed E-state index contributed by atoms with van der Waals surface area (Å²) in [4.78, 5) is 17.7. The van der Waals surface area contributed by atoms with Gasteiger partial charge in [-0.2, -0.15) is 0 Å². The molecule has 0 bridgehead atoms. The number of hydrogen-bond acceptors (Lipinski definition) is 3. The molecule has 2 aromatic rings. The Hall–Kier alpha value is -2.01. The summed E-state index contributed by atoms with van der Waals surface area (Å²) in [6, 6.07) is 8.48. The van der Waals surface area contributed by atoms with Crippen LogP contribution in [-0.2, 0) is 0 Å². The molecule has 1 saturated carbocycles. The van der Waals surface area contributed by atoms with Crippen LogP contribution in [0.4, 0.5) is 5.69 Å². The summed E-state index contributed by atoms with van der Waals surface area (Å²) in [7, 11) is 2.13. The van der Waals surface area contributed by atoms with Gasteiger partial charge in [0.15, 0.2) is 0 Å². The van der Waals surface area contributed by atoms with Crippen molar-refractivity contribution in [3.8, 4) is 0 Å². The number of rotatable bonds is 5. The van der Waals surface area contributed by atoms with Crippen LogP contribution in [0.5, 0.6) is 0 Å². The zero-order valence-corrected chi connectivity index (χ0v) is 12.5. The summed E-state index contributed by atoms with van der Waals surface area (Å²) >= 11 is 0. The van der Waals surface area contributed by atoms with Gasteiger partial charge in [-0.1, -0.05) is 0 Å². The molecular formula is C16H22N4O. The lowest BCUT2D eigenvalue weighted by molar-refractivity contribution is 0.0935. The van der Waals surface area contributed by atoms with Crippen LogP contribution in [0.25, 0.3) is 10.9 Å². The van der Waals surface area contributed by atoms with Crippen LogP contribution in [0.3, 0.4) is 0 Å². The zero-order valence-electron chi connectivity index (χ0n) is 12.5. The molecule has 1 heterocycles. The summed E-state index contributed by atoms with van der Waals surface area (Å²) in [5.74, 6) is -0.0687. The Morgan fingerprint density at radius 3 is 2.95 bits per heavy atom. The van der Waals surface area contributed by atoms with Crippen molar-refractivity contribution in [1.82, 2.24) is 15.2 Å². The third-order valence-corrected chi connectivity index (χ3v) is 4.27. The number of aromatic nitrogens is 1. The number of H-pyrrole nitrogens is 1. The second kappa shape index (κ2) is 5.41. The fraction of sp³-hybridized carbons (Fsp3) is 0.438. The van der Waals surface area contributed by atoms with Gasteiger partial charge in [-0.05, 0) is 51.1 Å². The Balaban J connectivity index is 1.63. The van der Waals surface area contributed by atoms with Crippen molar-refractivity contribution in [2.24, 2.45) is 0 Å². The molecule has 0 aliphatic heterocycles. The molecule has 4 N–H and O–H groups in total. The van der Waals surface area contributed by atoms with Gasteiger partial charge >= 0.3 is 0 Å². The molecule has 1 amide bonds. The molecule has 1 atom stereocenters. The van der Waals surface area contributed by atoms with E-state index in [2.05, 4.69) is 29.2 Å². The Kier molecular flexibility index (Phi) is 3.59. The summed E-state index contributed by atoms with van der Waals surface area (Å²) in [6.45, 7) is 2.80. The highest BCUT2D eigenvalue weighted by atomic mass is 16.1. The van der Waals surface area contributed by atoms with Gasteiger partial charge in [-0.25, -0.2) is 0 Å². The van der Waals surface area contributed by atoms with Crippen LogP contribution in [0.1, 0.15) is 30.3 Å². The van der Waals surface area contributed by atoms with Crippen molar-refractivity contribution in [1.29, 1.82) is 0 Å². The van der Waals surface area contributed by atoms with Crippen LogP contribution in [0.2, 0.25) is 0 Å². The van der Waals surface area contributed by atoms with Crippen LogP contribution in [0, 0.1) is 0 Å². The first-order valence-electron chi connectivity index (χ1n) is 7.43. The minimum absolute atomic E-state index is 0.0687. The third kappa shape index (κ3) is 3.03. The summed E-state index contributed by atoms with van der Waals surface area (Å²) in [6.07, 6.45) is 2.55. The minimum Gasteiger partial charge on any atom is -0.399 e. The Morgan fingerprint density at radius 1 is 1.48 bits per heavy atom. The van der Waals surface area contributed by atoms with Crippen molar-refractivity contribution >= 4 is 22.5 Å². The van der Waals surface area contributed by atoms with Crippen molar-refractivity contribution in [2.75, 3.05) is 19.3 Å². The smallest absolute Gasteiger partial charge is 0.267 e. The summed E-state index contributed by atoms with van der Waals surface area (Å²) < 4.78 is 0. The molecule has 1 aromatic carbocycles. The molecule has 1 aromatic heterocycles. The van der Waals surface area contributed by atoms with E-state index >= 15 is 0 Å². The number of benzene rings is 1. The number of likely N-dealkylation sites (N-methyl/N-ethyl adjacent to an activating group) is 1. The number of hydrogen-bond donors (Lipinski definition) is 3. The Labute approximate surface area is 124 Å². The highest BCUT2D eigenvalue weighted by Crippen LogP contribution is 2.26. The van der Waals surface area contributed by atoms with Crippen LogP contribution in [-0.4, -0.2) is 41.5 Å². The van der Waals surface area contributed by atoms with E-state index in [1.165, 1.54) is 12.8 Å². The first-order valence-corrected chi connectivity index (χ1v) is 7.43. The monoisotopic (exact) mass is 286 g/mol. The number of nitrogen functional groups attached to an aromatic ring is 1. The third-order valence-electron chi connectivity index (χ3n) is 4.27. The van der Waals surface area contributed by atoms with E-state index in [9.17, 15) is 4.79 Å². The van der Waals surface area contributed by atoms with Crippen molar-refractivity contribution < 1.29 is 4.79 Å². The molecule has 1 unspecified atom stereocenters. The topological polar surface area (TPSA) is 74.1 Å². The molecule has 1 aliphatic rings. The Bertz CT molecular complexity index is 659. The van der Waals surface area contributed by atoms with E-state index in [0.29, 0.717) is 30.0 Å². The number of nitrogens with zero attached hydrogens (tertiary/aromatic N) is 1. The predicted octanol–water partition coefficient (Wildman–Crippen LogP) is 1.96. The fourth-order valence-corrected chi connectivity index (χ4v) is 2.59. The minimum atomic E-state index is -0.0687. The van der Waals surface area contributed by atoms with Crippen molar-refractivity contribution in [2.45, 2.75) is 31.8 Å². The van der Waals surface area contributed by atoms with Crippen LogP contribution in [0.15, 0.2) is 24.3 Å². The molecule has 0 saturated heterocycles. The van der Waals surface area contributed by atoms with Gasteiger partial charge in [0, 0.05) is 35.2 Å². The maximum atomic E-state index is 12.2. The SMILES string of the molecule is CC(CNC(=O)c1cc2cc(N)ccc2[nH]1)N(C)C1CC1. The lowest BCUT2D eigenvalue weighted by Crippen LogP contribution is -2.41. The standard InChI is InChI=1S/C16H22N4O/c1-10(20(2)13-4-5-13)9-18-16(21)15-8-11-7-12(17)3-6-14(11)19-15/h3,6-8,10,13,19H,4-5,9,17H2,1-2H3,(H,18,21). The molecule has 1 fully saturated rings. The molecular weight excluding hydrogens is 264 g/mol. The van der Waals surface area contributed by atoms with E-state index in [-0.39, 0.29) is 5.91 Å². The van der Waals surface area contributed by atoms with Crippen LogP contribution >= 0.6 is 0 Å². The van der Waals surface area contributed by atoms with E-state index in [1.54, 1.807) is 0 Å². The molecule has 1 aliphatic carbocycles. The first kappa shape index (κ1) is 13.9. The maximum Gasteiger partial charge on any atom is 0.267 e. The average molecular weight is 286 g/mol. The number of nitrogens with one attached hydrogen (secondary N) is 2. The van der Waals surface area contributed by atoms with Crippen LogP contribution < -0.4 is 11.1 Å². The number of anilines is 1. The zero-order chi connectivity index (χ0) is 15.0. The summed E-state index contributed by atoms with van der Waals surface area (Å²) in [5, 5.41) is 3.96. The second-order valence-corrected chi connectivity index (χ2v) is 5.99. The van der Waals surface area contributed by atoms with Gasteiger partial charge in [0.05, 0.1) is 0 Å². The molecule has 3 rings (SSSR count). The van der Waals surface area contributed by atoms with Crippen molar-refractivity contribution in [3.63, 3.8) is 0 Å². The number of fused-ring (bicyclic) bond motifs is 1. The number of nitrogens with two attached hydrogens (primary N) is 1. The predicted molar refractivity (Wildman–Crippen MR) is 85.3 cm³/mol. The molecule has 112 valence electrons. The second-order valence-electron chi connectivity index (χ2n) is 5.99. The molecule has 0 radical (unpaired) electrons. The first-order chi connectivity index (χ1) is 10.0. The van der Waals surface area contributed by atoms with Gasteiger partial charge in [0.1, 0.15) is 5.69 Å². The number of carbonyl (C=O) groups is 1.